The second-order valence-corrected chi connectivity index (χ2v) is 10.2. The van der Waals surface area contributed by atoms with E-state index in [1.165, 1.54) is 4.31 Å². The minimum atomic E-state index is -3.49. The Hall–Kier alpha value is -2.18. The molecule has 1 amide bonds. The lowest BCUT2D eigenvalue weighted by atomic mass is 9.84. The van der Waals surface area contributed by atoms with E-state index in [2.05, 4.69) is 19.2 Å². The predicted molar refractivity (Wildman–Crippen MR) is 120 cm³/mol. The van der Waals surface area contributed by atoms with Gasteiger partial charge in [-0.1, -0.05) is 68.3 Å². The van der Waals surface area contributed by atoms with Gasteiger partial charge in [-0.25, -0.2) is 8.42 Å². The smallest absolute Gasteiger partial charge is 0.243 e. The minimum Gasteiger partial charge on any atom is -0.353 e. The van der Waals surface area contributed by atoms with E-state index < -0.39 is 10.0 Å². The molecule has 1 fully saturated rings. The lowest BCUT2D eigenvalue weighted by molar-refractivity contribution is -0.124. The summed E-state index contributed by atoms with van der Waals surface area (Å²) in [7, 11) is -3.49. The van der Waals surface area contributed by atoms with Crippen LogP contribution in [0.4, 0.5) is 0 Å². The molecule has 2 unspecified atom stereocenters. The molecule has 0 aliphatic carbocycles. The molecule has 2 atom stereocenters. The van der Waals surface area contributed by atoms with Gasteiger partial charge in [0.15, 0.2) is 0 Å². The monoisotopic (exact) mass is 428 g/mol. The lowest BCUT2D eigenvalue weighted by Crippen LogP contribution is -2.48. The van der Waals surface area contributed by atoms with E-state index in [4.69, 9.17) is 0 Å². The second-order valence-electron chi connectivity index (χ2n) is 8.27. The average molecular weight is 429 g/mol. The highest BCUT2D eigenvalue weighted by Gasteiger charge is 2.32. The third-order valence-electron chi connectivity index (χ3n) is 6.11. The Morgan fingerprint density at radius 2 is 1.67 bits per heavy atom. The summed E-state index contributed by atoms with van der Waals surface area (Å²) in [5.41, 5.74) is 2.06. The van der Waals surface area contributed by atoms with Crippen LogP contribution in [-0.4, -0.2) is 37.8 Å². The van der Waals surface area contributed by atoms with Crippen LogP contribution in [0.5, 0.6) is 0 Å². The molecule has 1 heterocycles. The number of carbonyl (C=O) groups is 1. The van der Waals surface area contributed by atoms with Gasteiger partial charge in [0.25, 0.3) is 0 Å². The quantitative estimate of drug-likeness (QED) is 0.722. The number of amides is 1. The maximum absolute atomic E-state index is 13.1. The molecule has 1 saturated heterocycles. The fraction of sp³-hybridized carbons (Fsp3) is 0.458. The first-order valence-electron chi connectivity index (χ1n) is 10.7. The van der Waals surface area contributed by atoms with Gasteiger partial charge in [-0.15, -0.1) is 0 Å². The highest BCUT2D eigenvalue weighted by Crippen LogP contribution is 2.28. The Kier molecular flexibility index (Phi) is 7.32. The Morgan fingerprint density at radius 1 is 1.07 bits per heavy atom. The number of aryl methyl sites for hydroxylation is 1. The van der Waals surface area contributed by atoms with Gasteiger partial charge in [-0.2, -0.15) is 4.31 Å². The molecule has 162 valence electrons. The highest BCUT2D eigenvalue weighted by molar-refractivity contribution is 7.89. The fourth-order valence-electron chi connectivity index (χ4n) is 4.03. The van der Waals surface area contributed by atoms with Gasteiger partial charge in [0.05, 0.1) is 10.8 Å². The largest absolute Gasteiger partial charge is 0.353 e. The van der Waals surface area contributed by atoms with E-state index in [0.717, 1.165) is 17.5 Å². The van der Waals surface area contributed by atoms with Crippen LogP contribution in [0.15, 0.2) is 59.5 Å². The lowest BCUT2D eigenvalue weighted by Gasteiger charge is -2.33. The zero-order chi connectivity index (χ0) is 21.7. The van der Waals surface area contributed by atoms with Crippen molar-refractivity contribution in [1.82, 2.24) is 9.62 Å². The first-order chi connectivity index (χ1) is 14.3. The third-order valence-corrected chi connectivity index (χ3v) is 8.03. The molecule has 0 aromatic heterocycles. The fourth-order valence-corrected chi connectivity index (χ4v) is 5.49. The number of sulfonamides is 1. The van der Waals surface area contributed by atoms with Gasteiger partial charge in [0, 0.05) is 19.1 Å². The SMILES string of the molecule is CCC(C)C(C(=O)NC1CCN(S(=O)(=O)c2ccc(C)cc2)CC1)c1ccccc1. The van der Waals surface area contributed by atoms with Crippen molar-refractivity contribution in [2.75, 3.05) is 13.1 Å². The first kappa shape index (κ1) is 22.5. The number of hydrogen-bond donors (Lipinski definition) is 1. The second kappa shape index (κ2) is 9.75. The van der Waals surface area contributed by atoms with Crippen LogP contribution >= 0.6 is 0 Å². The van der Waals surface area contributed by atoms with Crippen LogP contribution in [0.25, 0.3) is 0 Å². The molecule has 3 rings (SSSR count). The number of hydrogen-bond acceptors (Lipinski definition) is 3. The number of piperidine rings is 1. The van der Waals surface area contributed by atoms with Crippen molar-refractivity contribution < 1.29 is 13.2 Å². The van der Waals surface area contributed by atoms with Crippen molar-refractivity contribution in [3.63, 3.8) is 0 Å². The zero-order valence-electron chi connectivity index (χ0n) is 18.0. The van der Waals surface area contributed by atoms with Crippen molar-refractivity contribution in [3.05, 3.63) is 65.7 Å². The number of nitrogens with one attached hydrogen (secondary N) is 1. The van der Waals surface area contributed by atoms with Gasteiger partial charge in [-0.05, 0) is 43.4 Å². The summed E-state index contributed by atoms with van der Waals surface area (Å²) in [6, 6.07) is 16.9. The molecule has 30 heavy (non-hydrogen) atoms. The minimum absolute atomic E-state index is 0.00256. The molecule has 0 bridgehead atoms. The molecular weight excluding hydrogens is 396 g/mol. The van der Waals surface area contributed by atoms with E-state index in [9.17, 15) is 13.2 Å². The molecule has 0 radical (unpaired) electrons. The summed E-state index contributed by atoms with van der Waals surface area (Å²) in [6.07, 6.45) is 2.16. The van der Waals surface area contributed by atoms with E-state index >= 15 is 0 Å². The average Bonchev–Trinajstić information content (AvgIpc) is 2.75. The maximum atomic E-state index is 13.1. The standard InChI is InChI=1S/C24H32N2O3S/c1-4-19(3)23(20-8-6-5-7-9-20)24(27)25-21-14-16-26(17-15-21)30(28,29)22-12-10-18(2)11-13-22/h5-13,19,21,23H,4,14-17H2,1-3H3,(H,25,27). The summed E-state index contributed by atoms with van der Waals surface area (Å²) >= 11 is 0. The van der Waals surface area contributed by atoms with Gasteiger partial charge in [0.2, 0.25) is 15.9 Å². The van der Waals surface area contributed by atoms with Crippen LogP contribution in [-0.2, 0) is 14.8 Å². The Labute approximate surface area is 180 Å². The normalized spacial score (nSPS) is 18.0. The van der Waals surface area contributed by atoms with Crippen LogP contribution in [0.3, 0.4) is 0 Å². The van der Waals surface area contributed by atoms with Crippen LogP contribution in [0, 0.1) is 12.8 Å². The Morgan fingerprint density at radius 3 is 2.23 bits per heavy atom. The van der Waals surface area contributed by atoms with Crippen LogP contribution in [0.1, 0.15) is 50.2 Å². The van der Waals surface area contributed by atoms with Crippen molar-refractivity contribution in [1.29, 1.82) is 0 Å². The Bertz CT molecular complexity index is 934. The molecule has 1 aliphatic rings. The van der Waals surface area contributed by atoms with Gasteiger partial charge >= 0.3 is 0 Å². The molecule has 0 spiro atoms. The number of carbonyl (C=O) groups excluding carboxylic acids is 1. The van der Waals surface area contributed by atoms with Crippen LogP contribution < -0.4 is 5.32 Å². The molecule has 0 saturated carbocycles. The summed E-state index contributed by atoms with van der Waals surface area (Å²) in [5, 5.41) is 3.19. The summed E-state index contributed by atoms with van der Waals surface area (Å²) in [6.45, 7) is 6.98. The molecule has 2 aromatic rings. The van der Waals surface area contributed by atoms with Gasteiger partial charge < -0.3 is 5.32 Å². The summed E-state index contributed by atoms with van der Waals surface area (Å²) in [4.78, 5) is 13.4. The molecule has 1 N–H and O–H groups in total. The molecule has 6 heteroatoms. The molecular formula is C24H32N2O3S. The maximum Gasteiger partial charge on any atom is 0.243 e. The van der Waals surface area contributed by atoms with E-state index in [1.54, 1.807) is 12.1 Å². The van der Waals surface area contributed by atoms with E-state index in [-0.39, 0.29) is 23.8 Å². The summed E-state index contributed by atoms with van der Waals surface area (Å²) < 4.78 is 27.3. The van der Waals surface area contributed by atoms with Gasteiger partial charge in [-0.3, -0.25) is 4.79 Å². The van der Waals surface area contributed by atoms with E-state index in [0.29, 0.717) is 30.8 Å². The highest BCUT2D eigenvalue weighted by atomic mass is 32.2. The van der Waals surface area contributed by atoms with E-state index in [1.807, 2.05) is 49.4 Å². The van der Waals surface area contributed by atoms with Crippen LogP contribution in [0.2, 0.25) is 0 Å². The van der Waals surface area contributed by atoms with Crippen molar-refractivity contribution in [2.45, 2.75) is 56.9 Å². The number of nitrogens with zero attached hydrogens (tertiary/aromatic N) is 1. The van der Waals surface area contributed by atoms with Gasteiger partial charge in [0.1, 0.15) is 0 Å². The first-order valence-corrected chi connectivity index (χ1v) is 12.2. The summed E-state index contributed by atoms with van der Waals surface area (Å²) in [5.74, 6) is 0.0790. The van der Waals surface area contributed by atoms with Crippen molar-refractivity contribution in [2.24, 2.45) is 5.92 Å². The van der Waals surface area contributed by atoms with Crippen molar-refractivity contribution >= 4 is 15.9 Å². The number of rotatable bonds is 7. The number of benzene rings is 2. The third kappa shape index (κ3) is 5.10. The molecule has 5 nitrogen and oxygen atoms in total. The topological polar surface area (TPSA) is 66.5 Å². The molecule has 1 aliphatic heterocycles. The Balaban J connectivity index is 1.63. The zero-order valence-corrected chi connectivity index (χ0v) is 18.9. The molecule has 2 aromatic carbocycles. The predicted octanol–water partition coefficient (Wildman–Crippen LogP) is 4.09. The van der Waals surface area contributed by atoms with Crippen molar-refractivity contribution in [3.8, 4) is 0 Å².